The minimum Gasteiger partial charge on any atom is -0.469 e. The third kappa shape index (κ3) is 4.86. The molecule has 0 bridgehead atoms. The Kier molecular flexibility index (Phi) is 7.48. The summed E-state index contributed by atoms with van der Waals surface area (Å²) in [6.07, 6.45) is 4.37. The van der Waals surface area contributed by atoms with Crippen LogP contribution < -0.4 is 0 Å². The van der Waals surface area contributed by atoms with E-state index in [-0.39, 0.29) is 29.4 Å². The minimum absolute atomic E-state index is 0. The molecule has 1 heterocycles. The van der Waals surface area contributed by atoms with Crippen molar-refractivity contribution in [3.05, 3.63) is 46.5 Å². The molecule has 4 nitrogen and oxygen atoms in total. The highest BCUT2D eigenvalue weighted by atomic mass is 79.9. The molecule has 0 amide bonds. The van der Waals surface area contributed by atoms with Gasteiger partial charge in [0.05, 0.1) is 31.7 Å². The number of ether oxygens (including phenoxy) is 1. The molecule has 21 heavy (non-hydrogen) atoms. The lowest BCUT2D eigenvalue weighted by atomic mass is 10.1. The number of alkyl halides is 1. The Morgan fingerprint density at radius 2 is 2.19 bits per heavy atom. The zero-order chi connectivity index (χ0) is 14.5. The monoisotopic (exact) mass is 435 g/mol. The van der Waals surface area contributed by atoms with Gasteiger partial charge < -0.3 is 4.74 Å². The first-order chi connectivity index (χ1) is 9.63. The summed E-state index contributed by atoms with van der Waals surface area (Å²) in [5, 5.41) is 2.84. The molecule has 0 atom stereocenters. The van der Waals surface area contributed by atoms with Gasteiger partial charge in [0.2, 0.25) is 18.2 Å². The summed E-state index contributed by atoms with van der Waals surface area (Å²) in [7, 11) is 3.40. The van der Waals surface area contributed by atoms with Gasteiger partial charge in [0.1, 0.15) is 0 Å². The summed E-state index contributed by atoms with van der Waals surface area (Å²) in [5.41, 5.74) is 1.97. The van der Waals surface area contributed by atoms with E-state index in [0.29, 0.717) is 0 Å². The molecule has 1 aliphatic rings. The SMILES string of the molecule is Br.COC(=O)Cc1ccccc1C=[N+]1SC(CBr)=CN1C. The third-order valence-electron chi connectivity index (χ3n) is 2.85. The van der Waals surface area contributed by atoms with Crippen molar-refractivity contribution in [2.24, 2.45) is 0 Å². The first kappa shape index (κ1) is 18.3. The molecule has 0 saturated carbocycles. The second-order valence-corrected chi connectivity index (χ2v) is 5.92. The van der Waals surface area contributed by atoms with E-state index in [1.165, 1.54) is 12.0 Å². The normalized spacial score (nSPS) is 15.7. The number of rotatable bonds is 4. The highest BCUT2D eigenvalue weighted by Crippen LogP contribution is 2.27. The number of halogens is 2. The molecule has 0 aliphatic carbocycles. The average Bonchev–Trinajstić information content (AvgIpc) is 2.81. The number of hydrogen-bond acceptors (Lipinski definition) is 4. The fourth-order valence-corrected chi connectivity index (χ4v) is 3.10. The maximum atomic E-state index is 11.5. The van der Waals surface area contributed by atoms with Crippen molar-refractivity contribution in [3.8, 4) is 0 Å². The predicted octanol–water partition coefficient (Wildman–Crippen LogP) is 3.16. The van der Waals surface area contributed by atoms with Gasteiger partial charge in [0, 0.05) is 10.9 Å². The van der Waals surface area contributed by atoms with Crippen molar-refractivity contribution >= 4 is 57.0 Å². The van der Waals surface area contributed by atoms with E-state index < -0.39 is 0 Å². The van der Waals surface area contributed by atoms with Crippen molar-refractivity contribution in [3.63, 3.8) is 0 Å². The van der Waals surface area contributed by atoms with Crippen molar-refractivity contribution in [1.82, 2.24) is 5.01 Å². The Morgan fingerprint density at radius 3 is 2.81 bits per heavy atom. The lowest BCUT2D eigenvalue weighted by Crippen LogP contribution is -2.18. The van der Waals surface area contributed by atoms with Crippen LogP contribution in [0.2, 0.25) is 0 Å². The van der Waals surface area contributed by atoms with Crippen LogP contribution in [-0.4, -0.2) is 40.8 Å². The fraction of sp³-hybridized carbons (Fsp3) is 0.286. The van der Waals surface area contributed by atoms with E-state index in [1.807, 2.05) is 46.6 Å². The summed E-state index contributed by atoms with van der Waals surface area (Å²) in [4.78, 5) is 12.7. The molecule has 0 fully saturated rings. The first-order valence-electron chi connectivity index (χ1n) is 6.10. The lowest BCUT2D eigenvalue weighted by molar-refractivity contribution is -0.514. The molecule has 114 valence electrons. The van der Waals surface area contributed by atoms with Gasteiger partial charge in [-0.05, 0) is 15.7 Å². The van der Waals surface area contributed by atoms with Crippen LogP contribution in [0.25, 0.3) is 0 Å². The van der Waals surface area contributed by atoms with Gasteiger partial charge in [-0.1, -0.05) is 34.1 Å². The third-order valence-corrected chi connectivity index (χ3v) is 4.86. The number of esters is 1. The molecule has 1 aromatic carbocycles. The molecular formula is C14H17Br2N2O2S+. The van der Waals surface area contributed by atoms with Gasteiger partial charge in [-0.15, -0.1) is 22.0 Å². The molecule has 0 radical (unpaired) electrons. The number of carbonyl (C=O) groups excluding carboxylic acids is 1. The Balaban J connectivity index is 0.00000220. The average molecular weight is 437 g/mol. The van der Waals surface area contributed by atoms with Gasteiger partial charge in [-0.2, -0.15) is 0 Å². The first-order valence-corrected chi connectivity index (χ1v) is 7.99. The topological polar surface area (TPSA) is 32.6 Å². The number of nitrogens with zero attached hydrogens (tertiary/aromatic N) is 2. The van der Waals surface area contributed by atoms with Crippen molar-refractivity contribution in [1.29, 1.82) is 0 Å². The number of benzene rings is 1. The van der Waals surface area contributed by atoms with Crippen LogP contribution in [-0.2, 0) is 16.0 Å². The van der Waals surface area contributed by atoms with Crippen LogP contribution >= 0.6 is 44.9 Å². The van der Waals surface area contributed by atoms with Crippen LogP contribution in [0.5, 0.6) is 0 Å². The van der Waals surface area contributed by atoms with E-state index >= 15 is 0 Å². The Hall–Kier alpha value is -0.790. The molecule has 0 N–H and O–H groups in total. The Morgan fingerprint density at radius 1 is 1.48 bits per heavy atom. The van der Waals surface area contributed by atoms with Gasteiger partial charge in [-0.25, -0.2) is 0 Å². The number of carbonyl (C=O) groups is 1. The number of methoxy groups -OCH3 is 1. The smallest absolute Gasteiger partial charge is 0.310 e. The van der Waals surface area contributed by atoms with Crippen molar-refractivity contribution in [2.45, 2.75) is 6.42 Å². The fourth-order valence-electron chi connectivity index (χ4n) is 1.82. The van der Waals surface area contributed by atoms with E-state index in [0.717, 1.165) is 16.5 Å². The highest BCUT2D eigenvalue weighted by Gasteiger charge is 2.24. The molecule has 7 heteroatoms. The maximum absolute atomic E-state index is 11.5. The number of hydrogen-bond donors (Lipinski definition) is 0. The van der Waals surface area contributed by atoms with Crippen molar-refractivity contribution in [2.75, 3.05) is 19.5 Å². The largest absolute Gasteiger partial charge is 0.469 e. The highest BCUT2D eigenvalue weighted by molar-refractivity contribution is 9.09. The molecule has 1 aromatic rings. The summed E-state index contributed by atoms with van der Waals surface area (Å²) in [5.74, 6) is -0.229. The Labute approximate surface area is 147 Å². The zero-order valence-electron chi connectivity index (χ0n) is 11.8. The quantitative estimate of drug-likeness (QED) is 0.314. The van der Waals surface area contributed by atoms with Crippen LogP contribution in [0.1, 0.15) is 11.1 Å². The molecule has 0 aromatic heterocycles. The molecule has 0 unspecified atom stereocenters. The summed E-state index contributed by atoms with van der Waals surface area (Å²) in [6.45, 7) is 0. The van der Waals surface area contributed by atoms with Gasteiger partial charge in [0.15, 0.2) is 0 Å². The molecule has 0 saturated heterocycles. The number of allylic oxidation sites excluding steroid dienone is 1. The number of hydrazone groups is 1. The van der Waals surface area contributed by atoms with Crippen LogP contribution in [0.4, 0.5) is 0 Å². The molecule has 0 spiro atoms. The minimum atomic E-state index is -0.229. The summed E-state index contributed by atoms with van der Waals surface area (Å²) >= 11 is 5.10. The van der Waals surface area contributed by atoms with E-state index in [4.69, 9.17) is 4.74 Å². The van der Waals surface area contributed by atoms with Gasteiger partial charge in [0.25, 0.3) is 0 Å². The number of hydrazine groups is 1. The predicted molar refractivity (Wildman–Crippen MR) is 95.1 cm³/mol. The zero-order valence-corrected chi connectivity index (χ0v) is 15.9. The molecular weight excluding hydrogens is 420 g/mol. The summed E-state index contributed by atoms with van der Waals surface area (Å²) in [6, 6.07) is 7.84. The van der Waals surface area contributed by atoms with Gasteiger partial charge >= 0.3 is 5.97 Å². The second kappa shape index (κ2) is 8.60. The maximum Gasteiger partial charge on any atom is 0.310 e. The second-order valence-electron chi connectivity index (χ2n) is 4.28. The van der Waals surface area contributed by atoms with Crippen LogP contribution in [0.3, 0.4) is 0 Å². The van der Waals surface area contributed by atoms with Gasteiger partial charge in [-0.3, -0.25) is 4.79 Å². The van der Waals surface area contributed by atoms with Crippen molar-refractivity contribution < 1.29 is 13.6 Å². The molecule has 2 rings (SSSR count). The Bertz CT molecular complexity index is 576. The van der Waals surface area contributed by atoms with Crippen LogP contribution in [0.15, 0.2) is 35.4 Å². The summed E-state index contributed by atoms with van der Waals surface area (Å²) < 4.78 is 6.77. The van der Waals surface area contributed by atoms with E-state index in [1.54, 1.807) is 11.9 Å². The van der Waals surface area contributed by atoms with E-state index in [9.17, 15) is 4.79 Å². The van der Waals surface area contributed by atoms with Crippen LogP contribution in [0, 0.1) is 0 Å². The lowest BCUT2D eigenvalue weighted by Gasteiger charge is -2.05. The molecule has 1 aliphatic heterocycles. The van der Waals surface area contributed by atoms with E-state index in [2.05, 4.69) is 22.1 Å². The standard InChI is InChI=1S/C14H16BrN2O2S.BrH/c1-16-10-13(8-15)20-17(16)9-12-6-4-3-5-11(12)7-14(18)19-2;/h3-6,9-10H,7-8H2,1-2H3;1H/q+1;.